The second-order valence-corrected chi connectivity index (χ2v) is 11.6. The molecule has 2 nitrogen and oxygen atoms in total. The van der Waals surface area contributed by atoms with Crippen molar-refractivity contribution < 1.29 is 0 Å². The lowest BCUT2D eigenvalue weighted by atomic mass is 9.53. The average molecular weight is 439 g/mol. The molecule has 2 heteroatoms. The molecule has 3 aliphatic rings. The van der Waals surface area contributed by atoms with Gasteiger partial charge in [0.1, 0.15) is 0 Å². The maximum atomic E-state index is 2.61. The van der Waals surface area contributed by atoms with Gasteiger partial charge >= 0.3 is 0 Å². The molecule has 3 aromatic carbocycles. The molecular formula is C31H38N2. The molecule has 6 rings (SSSR count). The van der Waals surface area contributed by atoms with E-state index in [2.05, 4.69) is 100 Å². The van der Waals surface area contributed by atoms with Crippen LogP contribution in [-0.4, -0.2) is 49.1 Å². The van der Waals surface area contributed by atoms with Gasteiger partial charge in [-0.3, -0.25) is 0 Å². The van der Waals surface area contributed by atoms with Crippen molar-refractivity contribution in [2.45, 2.75) is 58.0 Å². The monoisotopic (exact) mass is 438 g/mol. The summed E-state index contributed by atoms with van der Waals surface area (Å²) in [5.41, 5.74) is 8.98. The first kappa shape index (κ1) is 21.4. The summed E-state index contributed by atoms with van der Waals surface area (Å²) in [6.07, 6.45) is 2.55. The number of hydrogen-bond acceptors (Lipinski definition) is 2. The molecule has 3 aromatic rings. The fourth-order valence-electron chi connectivity index (χ4n) is 7.77. The fourth-order valence-corrected chi connectivity index (χ4v) is 7.77. The van der Waals surface area contributed by atoms with Crippen molar-refractivity contribution in [3.8, 4) is 11.1 Å². The van der Waals surface area contributed by atoms with Crippen molar-refractivity contribution >= 4 is 10.8 Å². The van der Waals surface area contributed by atoms with Gasteiger partial charge in [0.05, 0.1) is 0 Å². The maximum absolute atomic E-state index is 2.61. The second-order valence-electron chi connectivity index (χ2n) is 11.6. The van der Waals surface area contributed by atoms with Crippen LogP contribution in [-0.2, 0) is 5.41 Å². The Bertz CT molecular complexity index is 1200. The minimum absolute atomic E-state index is 0.0536. The van der Waals surface area contributed by atoms with Gasteiger partial charge in [-0.1, -0.05) is 59.7 Å². The lowest BCUT2D eigenvalue weighted by Crippen LogP contribution is -2.47. The van der Waals surface area contributed by atoms with E-state index in [1.807, 2.05) is 0 Å². The summed E-state index contributed by atoms with van der Waals surface area (Å²) in [7, 11) is 4.67. The molecule has 0 bridgehead atoms. The smallest absolute Gasteiger partial charge is 0.0297 e. The van der Waals surface area contributed by atoms with E-state index in [9.17, 15) is 0 Å². The molecular weight excluding hydrogens is 400 g/mol. The fraction of sp³-hybridized carbons (Fsp3) is 0.484. The Hall–Kier alpha value is -2.16. The highest BCUT2D eigenvalue weighted by atomic mass is 15.2. The summed E-state index contributed by atoms with van der Waals surface area (Å²) < 4.78 is 0. The molecule has 4 unspecified atom stereocenters. The highest BCUT2D eigenvalue weighted by Crippen LogP contribution is 2.60. The third-order valence-corrected chi connectivity index (χ3v) is 9.54. The molecule has 2 aliphatic heterocycles. The van der Waals surface area contributed by atoms with Crippen molar-refractivity contribution in [1.82, 2.24) is 9.80 Å². The molecule has 0 spiro atoms. The van der Waals surface area contributed by atoms with Crippen LogP contribution in [0.5, 0.6) is 0 Å². The van der Waals surface area contributed by atoms with E-state index in [1.54, 1.807) is 11.1 Å². The molecule has 0 N–H and O–H groups in total. The summed E-state index contributed by atoms with van der Waals surface area (Å²) in [5, 5.41) is 2.93. The summed E-state index contributed by atoms with van der Waals surface area (Å²) >= 11 is 0. The van der Waals surface area contributed by atoms with Crippen molar-refractivity contribution in [2.24, 2.45) is 11.8 Å². The number of nitrogens with zero attached hydrogens (tertiary/aromatic N) is 2. The van der Waals surface area contributed by atoms with Gasteiger partial charge in [0.2, 0.25) is 0 Å². The van der Waals surface area contributed by atoms with Crippen molar-refractivity contribution in [3.05, 3.63) is 70.8 Å². The number of hydrogen-bond donors (Lipinski definition) is 0. The molecule has 0 saturated carbocycles. The number of aryl methyl sites for hydroxylation is 2. The highest BCUT2D eigenvalue weighted by Gasteiger charge is 2.55. The summed E-state index contributed by atoms with van der Waals surface area (Å²) in [4.78, 5) is 5.22. The van der Waals surface area contributed by atoms with Gasteiger partial charge in [-0.25, -0.2) is 0 Å². The van der Waals surface area contributed by atoms with Gasteiger partial charge in [-0.15, -0.1) is 0 Å². The Morgan fingerprint density at radius 1 is 0.727 bits per heavy atom. The number of rotatable bonds is 2. The number of likely N-dealkylation sites (tertiary alicyclic amines) is 2. The highest BCUT2D eigenvalue weighted by molar-refractivity contribution is 6.03. The third kappa shape index (κ3) is 2.93. The maximum Gasteiger partial charge on any atom is 0.0297 e. The number of fused-ring (bicyclic) bond motifs is 2. The lowest BCUT2D eigenvalue weighted by Gasteiger charge is -2.49. The van der Waals surface area contributed by atoms with Crippen LogP contribution >= 0.6 is 0 Å². The summed E-state index contributed by atoms with van der Waals surface area (Å²) in [5.74, 6) is 1.25. The van der Waals surface area contributed by atoms with Gasteiger partial charge in [-0.05, 0) is 99.5 Å². The Morgan fingerprint density at radius 2 is 1.36 bits per heavy atom. The molecule has 4 atom stereocenters. The molecule has 1 aliphatic carbocycles. The van der Waals surface area contributed by atoms with E-state index < -0.39 is 0 Å². The first-order valence-corrected chi connectivity index (χ1v) is 12.9. The van der Waals surface area contributed by atoms with Crippen LogP contribution in [0.2, 0.25) is 0 Å². The van der Waals surface area contributed by atoms with E-state index in [0.717, 1.165) is 0 Å². The Balaban J connectivity index is 1.76. The summed E-state index contributed by atoms with van der Waals surface area (Å²) in [6, 6.07) is 20.5. The molecule has 2 heterocycles. The molecule has 0 amide bonds. The Kier molecular flexibility index (Phi) is 4.81. The molecule has 2 saturated heterocycles. The predicted molar refractivity (Wildman–Crippen MR) is 140 cm³/mol. The van der Waals surface area contributed by atoms with E-state index in [4.69, 9.17) is 0 Å². The van der Waals surface area contributed by atoms with Crippen LogP contribution < -0.4 is 0 Å². The first-order valence-electron chi connectivity index (χ1n) is 12.9. The van der Waals surface area contributed by atoms with E-state index in [0.29, 0.717) is 23.9 Å². The standard InChI is InChI=1S/C31H38N2/c1-19-10-11-26-27-9-7-8-23-12-20(2)14-29(30(23)27)31(28(26)13-19,24-15-21(3)32(5)17-24)25-16-22(4)33(6)18-25/h7-14,21-22,24-25H,15-18H2,1-6H3. The zero-order chi connectivity index (χ0) is 23.1. The number of benzene rings is 3. The van der Waals surface area contributed by atoms with Crippen molar-refractivity contribution in [3.63, 3.8) is 0 Å². The topological polar surface area (TPSA) is 6.48 Å². The van der Waals surface area contributed by atoms with Crippen LogP contribution in [0.3, 0.4) is 0 Å². The van der Waals surface area contributed by atoms with Gasteiger partial charge in [-0.2, -0.15) is 0 Å². The Labute approximate surface area is 199 Å². The normalized spacial score (nSPS) is 31.9. The minimum Gasteiger partial charge on any atom is -0.303 e. The van der Waals surface area contributed by atoms with Crippen LogP contribution in [0.4, 0.5) is 0 Å². The lowest BCUT2D eigenvalue weighted by molar-refractivity contribution is 0.214. The van der Waals surface area contributed by atoms with E-state index >= 15 is 0 Å². The average Bonchev–Trinajstić information content (AvgIpc) is 3.29. The molecule has 33 heavy (non-hydrogen) atoms. The zero-order valence-corrected chi connectivity index (χ0v) is 21.2. The van der Waals surface area contributed by atoms with E-state index in [1.165, 1.54) is 59.0 Å². The van der Waals surface area contributed by atoms with Crippen molar-refractivity contribution in [1.29, 1.82) is 0 Å². The van der Waals surface area contributed by atoms with Crippen LogP contribution in [0, 0.1) is 25.7 Å². The van der Waals surface area contributed by atoms with Gasteiger partial charge in [0, 0.05) is 30.6 Å². The SMILES string of the molecule is Cc1ccc2c(c1)C(C1CC(C)N(C)C1)(C1CC(C)N(C)C1)c1cc(C)cc3cccc-2c13. The Morgan fingerprint density at radius 3 is 1.97 bits per heavy atom. The molecule has 2 fully saturated rings. The third-order valence-electron chi connectivity index (χ3n) is 9.54. The van der Waals surface area contributed by atoms with Crippen LogP contribution in [0.1, 0.15) is 48.9 Å². The van der Waals surface area contributed by atoms with Gasteiger partial charge in [0.15, 0.2) is 0 Å². The van der Waals surface area contributed by atoms with E-state index in [-0.39, 0.29) is 5.41 Å². The van der Waals surface area contributed by atoms with Crippen LogP contribution in [0.15, 0.2) is 48.5 Å². The molecule has 0 radical (unpaired) electrons. The van der Waals surface area contributed by atoms with Crippen molar-refractivity contribution in [2.75, 3.05) is 27.2 Å². The van der Waals surface area contributed by atoms with Gasteiger partial charge < -0.3 is 9.80 Å². The quantitative estimate of drug-likeness (QED) is 0.456. The largest absolute Gasteiger partial charge is 0.303 e. The first-order chi connectivity index (χ1) is 15.8. The molecule has 172 valence electrons. The second kappa shape index (κ2) is 7.42. The molecule has 0 aromatic heterocycles. The minimum atomic E-state index is 0.0536. The van der Waals surface area contributed by atoms with Gasteiger partial charge in [0.25, 0.3) is 0 Å². The van der Waals surface area contributed by atoms with Crippen LogP contribution in [0.25, 0.3) is 21.9 Å². The summed E-state index contributed by atoms with van der Waals surface area (Å²) in [6.45, 7) is 11.8. The zero-order valence-electron chi connectivity index (χ0n) is 21.2. The predicted octanol–water partition coefficient (Wildman–Crippen LogP) is 6.40.